The van der Waals surface area contributed by atoms with Gasteiger partial charge in [-0.15, -0.1) is 11.3 Å². The van der Waals surface area contributed by atoms with Gasteiger partial charge in [0.2, 0.25) is 10.0 Å². The molecule has 0 radical (unpaired) electrons. The number of carbonyl (C=O) groups excluding carboxylic acids is 1. The molecule has 142 valence electrons. The second kappa shape index (κ2) is 8.83. The molecule has 0 saturated carbocycles. The van der Waals surface area contributed by atoms with Crippen LogP contribution in [-0.4, -0.2) is 42.3 Å². The molecular weight excluding hydrogens is 402 g/mol. The van der Waals surface area contributed by atoms with E-state index < -0.39 is 22.1 Å². The van der Waals surface area contributed by atoms with Crippen LogP contribution in [0.15, 0.2) is 35.2 Å². The second-order valence-electron chi connectivity index (χ2n) is 5.08. The Bertz CT molecular complexity index is 881. The summed E-state index contributed by atoms with van der Waals surface area (Å²) in [6.45, 7) is -0.0126. The second-order valence-corrected chi connectivity index (χ2v) is 8.56. The number of rotatable bonds is 8. The average Bonchev–Trinajstić information content (AvgIpc) is 3.07. The number of ether oxygens (including phenoxy) is 3. The van der Waals surface area contributed by atoms with Crippen molar-refractivity contribution in [2.45, 2.75) is 11.0 Å². The molecule has 1 atom stereocenters. The first-order chi connectivity index (χ1) is 12.3. The van der Waals surface area contributed by atoms with E-state index in [1.807, 2.05) is 0 Å². The third-order valence-corrected chi connectivity index (χ3v) is 6.30. The molecule has 2 rings (SSSR count). The summed E-state index contributed by atoms with van der Waals surface area (Å²) < 4.78 is 43.5. The fourth-order valence-corrected chi connectivity index (χ4v) is 4.56. The van der Waals surface area contributed by atoms with Crippen molar-refractivity contribution in [3.05, 3.63) is 45.1 Å². The zero-order chi connectivity index (χ0) is 19.3. The molecule has 0 fully saturated rings. The minimum atomic E-state index is -3.96. The van der Waals surface area contributed by atoms with Crippen LogP contribution in [0.4, 0.5) is 0 Å². The van der Waals surface area contributed by atoms with Crippen molar-refractivity contribution in [1.82, 2.24) is 4.72 Å². The average molecular weight is 420 g/mol. The van der Waals surface area contributed by atoms with Gasteiger partial charge in [-0.1, -0.05) is 11.6 Å². The largest absolute Gasteiger partial charge is 0.495 e. The van der Waals surface area contributed by atoms with Crippen LogP contribution in [0.25, 0.3) is 0 Å². The lowest BCUT2D eigenvalue weighted by Gasteiger charge is -2.16. The Morgan fingerprint density at radius 1 is 1.23 bits per heavy atom. The molecule has 0 saturated heterocycles. The van der Waals surface area contributed by atoms with Crippen LogP contribution in [0.1, 0.15) is 21.3 Å². The third kappa shape index (κ3) is 4.74. The maximum absolute atomic E-state index is 12.7. The Morgan fingerprint density at radius 3 is 2.50 bits per heavy atom. The predicted molar refractivity (Wildman–Crippen MR) is 98.6 cm³/mol. The summed E-state index contributed by atoms with van der Waals surface area (Å²) >= 11 is 7.22. The van der Waals surface area contributed by atoms with Crippen LogP contribution in [-0.2, 0) is 19.5 Å². The minimum absolute atomic E-state index is 0.0126. The number of sulfonamides is 1. The van der Waals surface area contributed by atoms with E-state index in [9.17, 15) is 13.2 Å². The Labute approximate surface area is 160 Å². The first kappa shape index (κ1) is 20.7. The normalized spacial score (nSPS) is 12.6. The number of esters is 1. The number of carbonyl (C=O) groups is 1. The first-order valence-electron chi connectivity index (χ1n) is 7.36. The van der Waals surface area contributed by atoms with Gasteiger partial charge in [0, 0.05) is 18.5 Å². The van der Waals surface area contributed by atoms with Gasteiger partial charge in [-0.05, 0) is 30.3 Å². The summed E-state index contributed by atoms with van der Waals surface area (Å²) in [7, 11) is 0.0741. The maximum atomic E-state index is 12.7. The van der Waals surface area contributed by atoms with E-state index in [4.69, 9.17) is 21.1 Å². The van der Waals surface area contributed by atoms with Crippen LogP contribution in [0.3, 0.4) is 0 Å². The summed E-state index contributed by atoms with van der Waals surface area (Å²) in [6, 6.07) is 7.51. The molecule has 0 aliphatic carbocycles. The molecule has 26 heavy (non-hydrogen) atoms. The summed E-state index contributed by atoms with van der Waals surface area (Å²) in [5.74, 6) is -0.537. The number of methoxy groups -OCH3 is 3. The molecule has 10 heteroatoms. The lowest BCUT2D eigenvalue weighted by molar-refractivity contribution is 0.0600. The lowest BCUT2D eigenvalue weighted by atomic mass is 10.2. The van der Waals surface area contributed by atoms with Gasteiger partial charge in [-0.25, -0.2) is 17.9 Å². The molecule has 0 unspecified atom stereocenters. The molecule has 0 aliphatic rings. The molecule has 1 N–H and O–H groups in total. The Balaban J connectivity index is 2.27. The van der Waals surface area contributed by atoms with Crippen LogP contribution in [0, 0.1) is 0 Å². The van der Waals surface area contributed by atoms with Gasteiger partial charge >= 0.3 is 5.97 Å². The fourth-order valence-electron chi connectivity index (χ4n) is 2.20. The molecule has 0 amide bonds. The van der Waals surface area contributed by atoms with Crippen LogP contribution in [0.5, 0.6) is 5.75 Å². The fraction of sp³-hybridized carbons (Fsp3) is 0.312. The highest BCUT2D eigenvalue weighted by atomic mass is 35.5. The van der Waals surface area contributed by atoms with Crippen molar-refractivity contribution in [1.29, 1.82) is 0 Å². The highest BCUT2D eigenvalue weighted by Gasteiger charge is 2.24. The molecular formula is C16H18ClNO6S2. The Kier molecular flexibility index (Phi) is 7.01. The number of hydrogen-bond donors (Lipinski definition) is 1. The molecule has 1 aromatic heterocycles. The number of hydrogen-bond acceptors (Lipinski definition) is 7. The van der Waals surface area contributed by atoms with Gasteiger partial charge in [-0.3, -0.25) is 0 Å². The van der Waals surface area contributed by atoms with Crippen molar-refractivity contribution >= 4 is 38.9 Å². The lowest BCUT2D eigenvalue weighted by Crippen LogP contribution is -2.29. The summed E-state index contributed by atoms with van der Waals surface area (Å²) in [5, 5.41) is 0. The van der Waals surface area contributed by atoms with E-state index in [0.717, 1.165) is 4.88 Å². The molecule has 7 nitrogen and oxygen atoms in total. The van der Waals surface area contributed by atoms with Gasteiger partial charge in [-0.2, -0.15) is 0 Å². The van der Waals surface area contributed by atoms with Gasteiger partial charge < -0.3 is 14.2 Å². The van der Waals surface area contributed by atoms with Crippen molar-refractivity contribution < 1.29 is 27.4 Å². The van der Waals surface area contributed by atoms with Crippen LogP contribution in [0.2, 0.25) is 4.34 Å². The summed E-state index contributed by atoms with van der Waals surface area (Å²) in [5.41, 5.74) is 0.0991. The van der Waals surface area contributed by atoms with Crippen molar-refractivity contribution in [2.75, 3.05) is 27.9 Å². The molecule has 0 spiro atoms. The summed E-state index contributed by atoms with van der Waals surface area (Å²) in [6.07, 6.45) is -0.503. The zero-order valence-electron chi connectivity index (χ0n) is 14.3. The number of halogens is 1. The van der Waals surface area contributed by atoms with Gasteiger partial charge in [0.05, 0.1) is 24.1 Å². The minimum Gasteiger partial charge on any atom is -0.495 e. The highest BCUT2D eigenvalue weighted by Crippen LogP contribution is 2.29. The van der Waals surface area contributed by atoms with Crippen LogP contribution < -0.4 is 9.46 Å². The SMILES string of the molecule is COC(=O)c1ccc(OC)c(S(=O)(=O)NC[C@H](OC)c2ccc(Cl)s2)c1. The van der Waals surface area contributed by atoms with Crippen molar-refractivity contribution in [3.63, 3.8) is 0 Å². The third-order valence-electron chi connectivity index (χ3n) is 3.53. The van der Waals surface area contributed by atoms with E-state index in [-0.39, 0.29) is 22.8 Å². The smallest absolute Gasteiger partial charge is 0.337 e. The number of nitrogens with one attached hydrogen (secondary N) is 1. The van der Waals surface area contributed by atoms with E-state index in [0.29, 0.717) is 4.34 Å². The number of benzene rings is 1. The van der Waals surface area contributed by atoms with E-state index in [1.165, 1.54) is 50.9 Å². The van der Waals surface area contributed by atoms with Crippen molar-refractivity contribution in [3.8, 4) is 5.75 Å². The standard InChI is InChI=1S/C16H18ClNO6S2/c1-22-11-5-4-10(16(19)24-3)8-14(11)26(20,21)18-9-12(23-2)13-6-7-15(17)25-13/h4-8,12,18H,9H2,1-3H3/t12-/m0/s1. The maximum Gasteiger partial charge on any atom is 0.337 e. The van der Waals surface area contributed by atoms with Crippen molar-refractivity contribution in [2.24, 2.45) is 0 Å². The van der Waals surface area contributed by atoms with E-state index >= 15 is 0 Å². The van der Waals surface area contributed by atoms with Gasteiger partial charge in [0.1, 0.15) is 16.7 Å². The topological polar surface area (TPSA) is 90.9 Å². The highest BCUT2D eigenvalue weighted by molar-refractivity contribution is 7.89. The quantitative estimate of drug-likeness (QED) is 0.661. The Hall–Kier alpha value is -1.65. The molecule has 0 bridgehead atoms. The van der Waals surface area contributed by atoms with E-state index in [2.05, 4.69) is 9.46 Å². The number of thiophene rings is 1. The van der Waals surface area contributed by atoms with Gasteiger partial charge in [0.25, 0.3) is 0 Å². The van der Waals surface area contributed by atoms with E-state index in [1.54, 1.807) is 12.1 Å². The van der Waals surface area contributed by atoms with Gasteiger partial charge in [0.15, 0.2) is 0 Å². The molecule has 0 aliphatic heterocycles. The zero-order valence-corrected chi connectivity index (χ0v) is 16.7. The monoisotopic (exact) mass is 419 g/mol. The molecule has 1 heterocycles. The predicted octanol–water partition coefficient (Wildman–Crippen LogP) is 2.86. The summed E-state index contributed by atoms with van der Waals surface area (Å²) in [4.78, 5) is 12.3. The molecule has 1 aromatic carbocycles. The van der Waals surface area contributed by atoms with Crippen LogP contribution >= 0.6 is 22.9 Å². The molecule has 2 aromatic rings. The first-order valence-corrected chi connectivity index (χ1v) is 10.0. The Morgan fingerprint density at radius 2 is 1.96 bits per heavy atom.